The minimum atomic E-state index is -3.22. The van der Waals surface area contributed by atoms with Crippen molar-refractivity contribution in [2.75, 3.05) is 26.3 Å². The first-order valence-electron chi connectivity index (χ1n) is 3.84. The van der Waals surface area contributed by atoms with Crippen molar-refractivity contribution in [3.05, 3.63) is 0 Å². The fourth-order valence-electron chi connectivity index (χ4n) is 1.04. The Morgan fingerprint density at radius 1 is 1.38 bits per heavy atom. The molecule has 0 amide bonds. The summed E-state index contributed by atoms with van der Waals surface area (Å²) in [5.41, 5.74) is 0. The van der Waals surface area contributed by atoms with Crippen LogP contribution in [0.3, 0.4) is 0 Å². The quantitative estimate of drug-likeness (QED) is 0.333. The van der Waals surface area contributed by atoms with Gasteiger partial charge in [-0.15, -0.1) is 0 Å². The van der Waals surface area contributed by atoms with Gasteiger partial charge in [0.15, 0.2) is 6.29 Å². The molecule has 13 heavy (non-hydrogen) atoms. The predicted molar refractivity (Wildman–Crippen MR) is 41.2 cm³/mol. The van der Waals surface area contributed by atoms with Gasteiger partial charge in [-0.1, -0.05) is 0 Å². The number of nitrogens with zero attached hydrogens (tertiary/aromatic N) is 1. The summed E-state index contributed by atoms with van der Waals surface area (Å²) in [5.74, 6) is 3.32. The van der Waals surface area contributed by atoms with Gasteiger partial charge in [-0.25, -0.2) is 4.90 Å². The zero-order valence-corrected chi connectivity index (χ0v) is 6.93. The molecule has 1 aliphatic rings. The van der Waals surface area contributed by atoms with Crippen molar-refractivity contribution < 1.29 is 18.3 Å². The van der Waals surface area contributed by atoms with E-state index in [0.29, 0.717) is 0 Å². The van der Waals surface area contributed by atoms with Gasteiger partial charge in [-0.05, 0) is 11.8 Å². The minimum absolute atomic E-state index is 0.139. The Kier molecular flexibility index (Phi) is 3.34. The fraction of sp³-hybridized carbons (Fsp3) is 0.625. The van der Waals surface area contributed by atoms with Crippen LogP contribution in [0.15, 0.2) is 0 Å². The first-order valence-corrected chi connectivity index (χ1v) is 3.84. The molecule has 0 saturated carbocycles. The number of carbonyl (C=O) groups is 1. The summed E-state index contributed by atoms with van der Waals surface area (Å²) in [4.78, 5) is 10.7. The molecule has 1 fully saturated rings. The number of hydrogen-bond donors (Lipinski definition) is 0. The van der Waals surface area contributed by atoms with Gasteiger partial charge in [-0.3, -0.25) is 4.79 Å². The summed E-state index contributed by atoms with van der Waals surface area (Å²) in [6.07, 6.45) is 0.161. The van der Waals surface area contributed by atoms with Crippen molar-refractivity contribution in [2.24, 2.45) is 0 Å². The molecule has 0 bridgehead atoms. The van der Waals surface area contributed by atoms with Gasteiger partial charge >= 0.3 is 6.05 Å². The number of halogens is 2. The van der Waals surface area contributed by atoms with Crippen LogP contribution in [-0.4, -0.2) is 43.5 Å². The zero-order chi connectivity index (χ0) is 9.73. The maximum Gasteiger partial charge on any atom is 0.370 e. The van der Waals surface area contributed by atoms with Gasteiger partial charge < -0.3 is 4.74 Å². The maximum atomic E-state index is 13.0. The van der Waals surface area contributed by atoms with Gasteiger partial charge in [0, 0.05) is 13.1 Å². The lowest BCUT2D eigenvalue weighted by Crippen LogP contribution is -2.47. The third-order valence-corrected chi connectivity index (χ3v) is 1.69. The highest BCUT2D eigenvalue weighted by Gasteiger charge is 2.35. The van der Waals surface area contributed by atoms with Crippen LogP contribution in [0.5, 0.6) is 0 Å². The molecule has 0 aromatic rings. The van der Waals surface area contributed by atoms with E-state index in [2.05, 4.69) is 0 Å². The van der Waals surface area contributed by atoms with Crippen molar-refractivity contribution in [2.45, 2.75) is 6.05 Å². The topological polar surface area (TPSA) is 29.5 Å². The van der Waals surface area contributed by atoms with Gasteiger partial charge in [0.25, 0.3) is 0 Å². The average Bonchev–Trinajstić information content (AvgIpc) is 2.16. The number of morpholine rings is 1. The summed E-state index contributed by atoms with van der Waals surface area (Å²) in [7, 11) is 0. The number of carbonyl (C=O) groups excluding carboxylic acids is 1. The van der Waals surface area contributed by atoms with E-state index in [-0.39, 0.29) is 32.6 Å². The third-order valence-electron chi connectivity index (χ3n) is 1.69. The highest BCUT2D eigenvalue weighted by molar-refractivity contribution is 5.72. The van der Waals surface area contributed by atoms with E-state index in [9.17, 15) is 13.6 Å². The van der Waals surface area contributed by atoms with E-state index in [1.54, 1.807) is 11.8 Å². The molecule has 72 valence electrons. The zero-order valence-electron chi connectivity index (χ0n) is 6.93. The van der Waals surface area contributed by atoms with E-state index in [4.69, 9.17) is 4.74 Å². The minimum Gasteiger partial charge on any atom is -0.379 e. The van der Waals surface area contributed by atoms with E-state index in [1.165, 1.54) is 0 Å². The Balaban J connectivity index is 2.60. The molecule has 1 saturated heterocycles. The molecule has 1 aliphatic heterocycles. The second-order valence-electron chi connectivity index (χ2n) is 2.53. The maximum absolute atomic E-state index is 13.0. The van der Waals surface area contributed by atoms with Crippen LogP contribution in [0.2, 0.25) is 0 Å². The highest BCUT2D eigenvalue weighted by atomic mass is 19.3. The highest BCUT2D eigenvalue weighted by Crippen LogP contribution is 2.19. The van der Waals surface area contributed by atoms with E-state index in [0.717, 1.165) is 4.90 Å². The second kappa shape index (κ2) is 4.30. The van der Waals surface area contributed by atoms with Crippen LogP contribution >= 0.6 is 0 Å². The Labute approximate surface area is 74.7 Å². The second-order valence-corrected chi connectivity index (χ2v) is 2.53. The summed E-state index contributed by atoms with van der Waals surface area (Å²) in [5, 5.41) is 0. The molecule has 1 rings (SSSR count). The van der Waals surface area contributed by atoms with Crippen molar-refractivity contribution >= 4 is 6.29 Å². The lowest BCUT2D eigenvalue weighted by molar-refractivity contribution is -0.130. The molecule has 0 atom stereocenters. The van der Waals surface area contributed by atoms with Gasteiger partial charge in [0.2, 0.25) is 0 Å². The molecule has 0 spiro atoms. The number of hydrogen-bond acceptors (Lipinski definition) is 3. The first-order chi connectivity index (χ1) is 6.17. The molecule has 0 radical (unpaired) electrons. The third kappa shape index (κ3) is 2.76. The molecule has 1 heterocycles. The number of rotatable bonds is 1. The number of alkyl halides is 2. The number of ether oxygens (including phenoxy) is 1. The van der Waals surface area contributed by atoms with Crippen LogP contribution in [0.25, 0.3) is 0 Å². The van der Waals surface area contributed by atoms with Crippen LogP contribution in [0, 0.1) is 11.8 Å². The Bertz CT molecular complexity index is 238. The Morgan fingerprint density at radius 3 is 2.54 bits per heavy atom. The molecule has 0 N–H and O–H groups in total. The number of aldehydes is 1. The SMILES string of the molecule is O=CC#CC(F)(F)N1CCOCC1. The normalized spacial score (nSPS) is 18.9. The summed E-state index contributed by atoms with van der Waals surface area (Å²) in [6, 6.07) is -3.22. The molecule has 3 nitrogen and oxygen atoms in total. The Morgan fingerprint density at radius 2 is 2.00 bits per heavy atom. The largest absolute Gasteiger partial charge is 0.379 e. The summed E-state index contributed by atoms with van der Waals surface area (Å²) < 4.78 is 31.0. The van der Waals surface area contributed by atoms with Crippen molar-refractivity contribution in [3.8, 4) is 11.8 Å². The molecule has 0 aliphatic carbocycles. The van der Waals surface area contributed by atoms with Gasteiger partial charge in [0.05, 0.1) is 13.2 Å². The van der Waals surface area contributed by atoms with E-state index in [1.807, 2.05) is 0 Å². The average molecular weight is 189 g/mol. The lowest BCUT2D eigenvalue weighted by Gasteiger charge is -2.30. The van der Waals surface area contributed by atoms with Crippen LogP contribution < -0.4 is 0 Å². The molecule has 0 aromatic carbocycles. The van der Waals surface area contributed by atoms with Gasteiger partial charge in [0.1, 0.15) is 0 Å². The first kappa shape index (κ1) is 10.1. The van der Waals surface area contributed by atoms with Crippen LogP contribution in [0.4, 0.5) is 8.78 Å². The smallest absolute Gasteiger partial charge is 0.370 e. The standard InChI is InChI=1S/C8H9F2NO2/c9-8(10,2-1-5-12)11-3-6-13-7-4-11/h5H,3-4,6-7H2. The van der Waals surface area contributed by atoms with Crippen LogP contribution in [-0.2, 0) is 9.53 Å². The lowest BCUT2D eigenvalue weighted by atomic mass is 10.3. The molecule has 0 aromatic heterocycles. The van der Waals surface area contributed by atoms with E-state index < -0.39 is 6.05 Å². The van der Waals surface area contributed by atoms with Crippen molar-refractivity contribution in [3.63, 3.8) is 0 Å². The van der Waals surface area contributed by atoms with Crippen LogP contribution in [0.1, 0.15) is 0 Å². The Hall–Kier alpha value is -0.990. The van der Waals surface area contributed by atoms with Crippen molar-refractivity contribution in [1.29, 1.82) is 0 Å². The molecule has 0 unspecified atom stereocenters. The van der Waals surface area contributed by atoms with E-state index >= 15 is 0 Å². The predicted octanol–water partition coefficient (Wildman–Crippen LogP) is 0.114. The van der Waals surface area contributed by atoms with Crippen molar-refractivity contribution in [1.82, 2.24) is 4.90 Å². The fourth-order valence-corrected chi connectivity index (χ4v) is 1.04. The molecule has 5 heteroatoms. The summed E-state index contributed by atoms with van der Waals surface area (Å²) in [6.45, 7) is 0.831. The molecular weight excluding hydrogens is 180 g/mol. The molecular formula is C8H9F2NO2. The van der Waals surface area contributed by atoms with Gasteiger partial charge in [-0.2, -0.15) is 8.78 Å². The summed E-state index contributed by atoms with van der Waals surface area (Å²) >= 11 is 0. The monoisotopic (exact) mass is 189 g/mol.